The first kappa shape index (κ1) is 17.2. The lowest BCUT2D eigenvalue weighted by Crippen LogP contribution is -2.26. The number of amides is 1. The fourth-order valence-electron chi connectivity index (χ4n) is 2.39. The monoisotopic (exact) mass is 395 g/mol. The van der Waals surface area contributed by atoms with E-state index in [1.54, 1.807) is 12.3 Å². The molecule has 1 heterocycles. The normalized spacial score (nSPS) is 10.3. The number of benzene rings is 2. The highest BCUT2D eigenvalue weighted by Gasteiger charge is 2.06. The van der Waals surface area contributed by atoms with E-state index in [0.29, 0.717) is 12.2 Å². The molecule has 0 aliphatic rings. The topological polar surface area (TPSA) is 54.0 Å². The number of hydrogen-bond donors (Lipinski definition) is 2. The average Bonchev–Trinajstić information content (AvgIpc) is 2.63. The van der Waals surface area contributed by atoms with Crippen LogP contribution in [-0.4, -0.2) is 17.4 Å². The number of pyridine rings is 1. The molecule has 0 aliphatic carbocycles. The van der Waals surface area contributed by atoms with Crippen molar-refractivity contribution in [1.29, 1.82) is 0 Å². The molecule has 0 saturated carbocycles. The zero-order valence-electron chi connectivity index (χ0n) is 13.6. The van der Waals surface area contributed by atoms with Crippen LogP contribution in [0.3, 0.4) is 0 Å². The quantitative estimate of drug-likeness (QED) is 0.642. The third-order valence-electron chi connectivity index (χ3n) is 3.65. The smallest absolute Gasteiger partial charge is 0.269 e. The van der Waals surface area contributed by atoms with E-state index in [0.717, 1.165) is 22.3 Å². The maximum atomic E-state index is 12.1. The Morgan fingerprint density at radius 1 is 0.960 bits per heavy atom. The second kappa shape index (κ2) is 8.44. The largest absolute Gasteiger partial charge is 0.354 e. The van der Waals surface area contributed by atoms with Gasteiger partial charge in [0.15, 0.2) is 0 Å². The number of nitrogens with zero attached hydrogens (tertiary/aromatic N) is 1. The molecule has 0 aliphatic heterocycles. The predicted molar refractivity (Wildman–Crippen MR) is 104 cm³/mol. The molecule has 2 aromatic carbocycles. The molecule has 0 bridgehead atoms. The molecule has 4 nitrogen and oxygen atoms in total. The van der Waals surface area contributed by atoms with Gasteiger partial charge >= 0.3 is 0 Å². The Hall–Kier alpha value is -2.66. The van der Waals surface area contributed by atoms with Gasteiger partial charge in [0.05, 0.1) is 11.9 Å². The van der Waals surface area contributed by atoms with E-state index in [4.69, 9.17) is 0 Å². The maximum absolute atomic E-state index is 12.1. The highest BCUT2D eigenvalue weighted by molar-refractivity contribution is 9.10. The van der Waals surface area contributed by atoms with Crippen molar-refractivity contribution in [3.05, 3.63) is 88.7 Å². The summed E-state index contributed by atoms with van der Waals surface area (Å²) in [5, 5.41) is 6.15. The zero-order chi connectivity index (χ0) is 17.5. The molecule has 1 amide bonds. The molecule has 0 unspecified atom stereocenters. The number of hydrogen-bond acceptors (Lipinski definition) is 3. The molecule has 126 valence electrons. The van der Waals surface area contributed by atoms with Crippen LogP contribution in [-0.2, 0) is 6.42 Å². The number of halogens is 1. The van der Waals surface area contributed by atoms with E-state index in [2.05, 4.69) is 31.5 Å². The van der Waals surface area contributed by atoms with E-state index < -0.39 is 0 Å². The maximum Gasteiger partial charge on any atom is 0.269 e. The SMILES string of the molecule is O=C(NCCc1ccccc1)c1ccc(Nc2cccc(Br)c2)cn1. The van der Waals surface area contributed by atoms with Gasteiger partial charge in [-0.15, -0.1) is 0 Å². The van der Waals surface area contributed by atoms with E-state index in [1.165, 1.54) is 5.56 Å². The summed E-state index contributed by atoms with van der Waals surface area (Å²) in [6.45, 7) is 0.586. The van der Waals surface area contributed by atoms with Crippen molar-refractivity contribution in [2.75, 3.05) is 11.9 Å². The molecule has 0 spiro atoms. The van der Waals surface area contributed by atoms with Crippen LogP contribution < -0.4 is 10.6 Å². The van der Waals surface area contributed by atoms with Crippen molar-refractivity contribution in [2.24, 2.45) is 0 Å². The van der Waals surface area contributed by atoms with Crippen molar-refractivity contribution in [3.63, 3.8) is 0 Å². The minimum absolute atomic E-state index is 0.162. The predicted octanol–water partition coefficient (Wildman–Crippen LogP) is 4.56. The van der Waals surface area contributed by atoms with Crippen molar-refractivity contribution < 1.29 is 4.79 Å². The average molecular weight is 396 g/mol. The lowest BCUT2D eigenvalue weighted by molar-refractivity contribution is 0.0949. The van der Waals surface area contributed by atoms with Gasteiger partial charge in [0, 0.05) is 16.7 Å². The minimum atomic E-state index is -0.162. The summed E-state index contributed by atoms with van der Waals surface area (Å²) in [6.07, 6.45) is 2.46. The fraction of sp³-hybridized carbons (Fsp3) is 0.100. The van der Waals surface area contributed by atoms with Crippen LogP contribution in [0.15, 0.2) is 77.4 Å². The van der Waals surface area contributed by atoms with Crippen LogP contribution in [0, 0.1) is 0 Å². The molecule has 0 saturated heterocycles. The highest BCUT2D eigenvalue weighted by atomic mass is 79.9. The Bertz CT molecular complexity index is 835. The van der Waals surface area contributed by atoms with E-state index >= 15 is 0 Å². The Morgan fingerprint density at radius 2 is 1.80 bits per heavy atom. The van der Waals surface area contributed by atoms with Gasteiger partial charge in [-0.05, 0) is 42.3 Å². The standard InChI is InChI=1S/C20H18BrN3O/c21-16-7-4-8-17(13-16)24-18-9-10-19(23-14-18)20(25)22-12-11-15-5-2-1-3-6-15/h1-10,13-14,24H,11-12H2,(H,22,25). The summed E-state index contributed by atoms with van der Waals surface area (Å²) in [6, 6.07) is 21.5. The molecular formula is C20H18BrN3O. The lowest BCUT2D eigenvalue weighted by atomic mass is 10.1. The Labute approximate surface area is 155 Å². The number of anilines is 2. The number of rotatable bonds is 6. The van der Waals surface area contributed by atoms with Gasteiger partial charge in [-0.2, -0.15) is 0 Å². The molecule has 3 aromatic rings. The van der Waals surface area contributed by atoms with Gasteiger partial charge in [-0.1, -0.05) is 52.3 Å². The first-order chi connectivity index (χ1) is 12.2. The first-order valence-corrected chi connectivity index (χ1v) is 8.81. The molecule has 3 rings (SSSR count). The summed E-state index contributed by atoms with van der Waals surface area (Å²) in [7, 11) is 0. The third kappa shape index (κ3) is 5.16. The van der Waals surface area contributed by atoms with Gasteiger partial charge in [0.2, 0.25) is 0 Å². The highest BCUT2D eigenvalue weighted by Crippen LogP contribution is 2.20. The van der Waals surface area contributed by atoms with Gasteiger partial charge in [0.25, 0.3) is 5.91 Å². The summed E-state index contributed by atoms with van der Waals surface area (Å²) in [5.41, 5.74) is 3.40. The van der Waals surface area contributed by atoms with Gasteiger partial charge in [-0.25, -0.2) is 4.98 Å². The Balaban J connectivity index is 1.53. The molecule has 0 fully saturated rings. The van der Waals surface area contributed by atoms with Crippen LogP contribution >= 0.6 is 15.9 Å². The molecule has 1 aromatic heterocycles. The van der Waals surface area contributed by atoms with Crippen molar-refractivity contribution >= 4 is 33.2 Å². The van der Waals surface area contributed by atoms with E-state index in [9.17, 15) is 4.79 Å². The Kier molecular flexibility index (Phi) is 5.80. The summed E-state index contributed by atoms with van der Waals surface area (Å²) in [5.74, 6) is -0.162. The van der Waals surface area contributed by atoms with Gasteiger partial charge in [-0.3, -0.25) is 4.79 Å². The molecule has 2 N–H and O–H groups in total. The van der Waals surface area contributed by atoms with Crippen LogP contribution in [0.4, 0.5) is 11.4 Å². The van der Waals surface area contributed by atoms with Gasteiger partial charge in [0.1, 0.15) is 5.69 Å². The molecule has 25 heavy (non-hydrogen) atoms. The number of carbonyl (C=O) groups is 1. The summed E-state index contributed by atoms with van der Waals surface area (Å²) < 4.78 is 1.000. The third-order valence-corrected chi connectivity index (χ3v) is 4.14. The minimum Gasteiger partial charge on any atom is -0.354 e. The second-order valence-electron chi connectivity index (χ2n) is 5.56. The van der Waals surface area contributed by atoms with E-state index in [1.807, 2.05) is 60.7 Å². The Morgan fingerprint density at radius 3 is 2.52 bits per heavy atom. The number of carbonyl (C=O) groups excluding carboxylic acids is 1. The molecule has 0 atom stereocenters. The van der Waals surface area contributed by atoms with Crippen molar-refractivity contribution in [2.45, 2.75) is 6.42 Å². The zero-order valence-corrected chi connectivity index (χ0v) is 15.2. The number of nitrogens with one attached hydrogen (secondary N) is 2. The molecular weight excluding hydrogens is 378 g/mol. The van der Waals surface area contributed by atoms with Crippen molar-refractivity contribution in [3.8, 4) is 0 Å². The lowest BCUT2D eigenvalue weighted by Gasteiger charge is -2.08. The summed E-state index contributed by atoms with van der Waals surface area (Å²) >= 11 is 3.44. The molecule has 5 heteroatoms. The molecule has 0 radical (unpaired) electrons. The van der Waals surface area contributed by atoms with Crippen LogP contribution in [0.25, 0.3) is 0 Å². The van der Waals surface area contributed by atoms with Crippen molar-refractivity contribution in [1.82, 2.24) is 10.3 Å². The first-order valence-electron chi connectivity index (χ1n) is 8.01. The second-order valence-corrected chi connectivity index (χ2v) is 6.47. The fourth-order valence-corrected chi connectivity index (χ4v) is 2.79. The summed E-state index contributed by atoms with van der Waals surface area (Å²) in [4.78, 5) is 16.4. The van der Waals surface area contributed by atoms with Crippen LogP contribution in [0.2, 0.25) is 0 Å². The van der Waals surface area contributed by atoms with Gasteiger partial charge < -0.3 is 10.6 Å². The van der Waals surface area contributed by atoms with E-state index in [-0.39, 0.29) is 5.91 Å². The van der Waals surface area contributed by atoms with Crippen LogP contribution in [0.1, 0.15) is 16.1 Å². The van der Waals surface area contributed by atoms with Crippen LogP contribution in [0.5, 0.6) is 0 Å². The number of aromatic nitrogens is 1.